The van der Waals surface area contributed by atoms with Gasteiger partial charge < -0.3 is 0 Å². The molecule has 0 spiro atoms. The Morgan fingerprint density at radius 2 is 1.93 bits per heavy atom. The zero-order valence-electron chi connectivity index (χ0n) is 7.14. The maximum absolute atomic E-state index is 4.98. The first-order valence-corrected chi connectivity index (χ1v) is 4.59. The Kier molecular flexibility index (Phi) is 1.46. The number of fused-ring (bicyclic) bond motifs is 3. The van der Waals surface area contributed by atoms with Crippen molar-refractivity contribution in [2.75, 3.05) is 0 Å². The molecule has 2 aliphatic heterocycles. The molecule has 3 nitrogen and oxygen atoms in total. The van der Waals surface area contributed by atoms with Crippen molar-refractivity contribution in [3.05, 3.63) is 22.7 Å². The van der Waals surface area contributed by atoms with E-state index in [9.17, 15) is 0 Å². The third kappa shape index (κ3) is 0.975. The number of benzene rings is 1. The number of thiocarbonyl (C=S) groups is 1. The van der Waals surface area contributed by atoms with Gasteiger partial charge >= 0.3 is 0 Å². The van der Waals surface area contributed by atoms with Gasteiger partial charge in [0.1, 0.15) is 4.99 Å². The summed E-state index contributed by atoms with van der Waals surface area (Å²) in [4.78, 5) is 13.2. The average Bonchev–Trinajstić information content (AvgIpc) is 2.65. The van der Waals surface area contributed by atoms with Crippen molar-refractivity contribution in [1.29, 1.82) is 0 Å². The third-order valence-corrected chi connectivity index (χ3v) is 2.36. The smallest absolute Gasteiger partial charge is 0.145 e. The summed E-state index contributed by atoms with van der Waals surface area (Å²) in [5.74, 6) is 0. The second kappa shape index (κ2) is 2.65. The first kappa shape index (κ1) is 7.70. The van der Waals surface area contributed by atoms with Gasteiger partial charge in [0.15, 0.2) is 0 Å². The molecule has 0 amide bonds. The molecule has 1 aromatic rings. The molecular formula is C10H5N3S. The average molecular weight is 199 g/mol. The highest BCUT2D eigenvalue weighted by atomic mass is 32.1. The first-order chi connectivity index (χ1) is 6.84. The van der Waals surface area contributed by atoms with Crippen LogP contribution in [0.3, 0.4) is 0 Å². The minimum absolute atomic E-state index is 0.520. The lowest BCUT2D eigenvalue weighted by Gasteiger charge is -2.02. The number of rotatable bonds is 0. The predicted octanol–water partition coefficient (Wildman–Crippen LogP) is 0.846. The summed E-state index contributed by atoms with van der Waals surface area (Å²) in [7, 11) is 0. The number of aliphatic imine (C=N–C) groups is 2. The van der Waals surface area contributed by atoms with E-state index in [0.29, 0.717) is 4.99 Å². The van der Waals surface area contributed by atoms with Crippen molar-refractivity contribution >= 4 is 47.1 Å². The molecule has 0 atom stereocenters. The minimum atomic E-state index is 0.520. The highest BCUT2D eigenvalue weighted by Crippen LogP contribution is 2.12. The van der Waals surface area contributed by atoms with Crippen LogP contribution in [0.25, 0.3) is 6.08 Å². The van der Waals surface area contributed by atoms with Crippen LogP contribution in [-0.2, 0) is 0 Å². The fraction of sp³-hybridized carbons (Fsp3) is 0. The lowest BCUT2D eigenvalue weighted by atomic mass is 10.2. The van der Waals surface area contributed by atoms with E-state index in [2.05, 4.69) is 15.0 Å². The molecule has 66 valence electrons. The molecule has 0 saturated carbocycles. The van der Waals surface area contributed by atoms with Crippen molar-refractivity contribution < 1.29 is 0 Å². The van der Waals surface area contributed by atoms with Crippen LogP contribution in [0, 0.1) is 0 Å². The molecule has 0 N–H and O–H groups in total. The van der Waals surface area contributed by atoms with Crippen LogP contribution >= 0.6 is 12.2 Å². The van der Waals surface area contributed by atoms with E-state index >= 15 is 0 Å². The molecule has 2 heterocycles. The lowest BCUT2D eigenvalue weighted by Crippen LogP contribution is -2.27. The second-order valence-corrected chi connectivity index (χ2v) is 3.44. The van der Waals surface area contributed by atoms with Crippen LogP contribution < -0.4 is 10.6 Å². The summed E-state index contributed by atoms with van der Waals surface area (Å²) in [5.41, 5.74) is 1.80. The summed E-state index contributed by atoms with van der Waals surface area (Å²) in [6.45, 7) is 0. The first-order valence-electron chi connectivity index (χ1n) is 4.19. The molecule has 0 aliphatic carbocycles. The van der Waals surface area contributed by atoms with Crippen molar-refractivity contribution in [3.63, 3.8) is 0 Å². The van der Waals surface area contributed by atoms with Crippen LogP contribution in [0.15, 0.2) is 27.1 Å². The van der Waals surface area contributed by atoms with Gasteiger partial charge in [0.05, 0.1) is 22.9 Å². The van der Waals surface area contributed by atoms with Crippen molar-refractivity contribution in [2.24, 2.45) is 15.0 Å². The molecular weight excluding hydrogens is 194 g/mol. The van der Waals surface area contributed by atoms with E-state index < -0.39 is 0 Å². The van der Waals surface area contributed by atoms with Gasteiger partial charge in [-0.25, -0.2) is 4.99 Å². The molecule has 4 heteroatoms. The van der Waals surface area contributed by atoms with Crippen LogP contribution in [0.4, 0.5) is 11.4 Å². The van der Waals surface area contributed by atoms with Gasteiger partial charge in [-0.05, 0) is 18.2 Å². The van der Waals surface area contributed by atoms with Crippen LogP contribution in [0.5, 0.6) is 0 Å². The Morgan fingerprint density at radius 1 is 1.07 bits per heavy atom. The molecule has 0 saturated heterocycles. The monoisotopic (exact) mass is 199 g/mol. The molecule has 0 aromatic heterocycles. The Hall–Kier alpha value is -1.68. The van der Waals surface area contributed by atoms with E-state index in [1.807, 2.05) is 18.2 Å². The molecule has 3 rings (SSSR count). The summed E-state index contributed by atoms with van der Waals surface area (Å²) in [6, 6.07) is 3.85. The molecule has 0 unspecified atom stereocenters. The Labute approximate surface area is 85.2 Å². The molecule has 2 aliphatic rings. The van der Waals surface area contributed by atoms with E-state index in [-0.39, 0.29) is 0 Å². The standard InChI is InChI=1S/C10H5N3S/c14-9-5-12-8-2-1-7-6(3-4-11-7)10(8)13-9/h1-5H. The maximum atomic E-state index is 4.98. The van der Waals surface area contributed by atoms with Gasteiger partial charge in [-0.15, -0.1) is 0 Å². The molecule has 0 fully saturated rings. The molecule has 1 aromatic carbocycles. The normalized spacial score (nSPS) is 15.9. The van der Waals surface area contributed by atoms with Gasteiger partial charge in [-0.1, -0.05) is 12.2 Å². The zero-order chi connectivity index (χ0) is 9.54. The maximum Gasteiger partial charge on any atom is 0.145 e. The zero-order valence-corrected chi connectivity index (χ0v) is 7.95. The highest BCUT2D eigenvalue weighted by Gasteiger charge is 2.07. The van der Waals surface area contributed by atoms with Crippen LogP contribution in [0.2, 0.25) is 0 Å². The van der Waals surface area contributed by atoms with E-state index in [1.54, 1.807) is 12.4 Å². The second-order valence-electron chi connectivity index (χ2n) is 3.02. The molecule has 0 bridgehead atoms. The lowest BCUT2D eigenvalue weighted by molar-refractivity contribution is 1.31. The summed E-state index contributed by atoms with van der Waals surface area (Å²) in [5, 5.41) is 1.86. The Morgan fingerprint density at radius 3 is 2.86 bits per heavy atom. The number of nitrogens with zero attached hydrogens (tertiary/aromatic N) is 3. The molecule has 14 heavy (non-hydrogen) atoms. The fourth-order valence-electron chi connectivity index (χ4n) is 1.54. The van der Waals surface area contributed by atoms with Crippen molar-refractivity contribution in [3.8, 4) is 0 Å². The van der Waals surface area contributed by atoms with Crippen LogP contribution in [0.1, 0.15) is 0 Å². The molecule has 0 radical (unpaired) electrons. The summed E-state index contributed by atoms with van der Waals surface area (Å²) in [6.07, 6.45) is 5.29. The van der Waals surface area contributed by atoms with Gasteiger partial charge in [0.2, 0.25) is 0 Å². The Balaban J connectivity index is 2.51. The predicted molar refractivity (Wildman–Crippen MR) is 60.6 cm³/mol. The fourth-order valence-corrected chi connectivity index (χ4v) is 1.68. The van der Waals surface area contributed by atoms with Gasteiger partial charge in [-0.2, -0.15) is 0 Å². The van der Waals surface area contributed by atoms with Gasteiger partial charge in [0, 0.05) is 11.4 Å². The number of hydrogen-bond donors (Lipinski definition) is 0. The van der Waals surface area contributed by atoms with Crippen molar-refractivity contribution in [2.45, 2.75) is 0 Å². The summed E-state index contributed by atoms with van der Waals surface area (Å²) >= 11 is 4.98. The van der Waals surface area contributed by atoms with E-state index in [1.165, 1.54) is 0 Å². The van der Waals surface area contributed by atoms with Gasteiger partial charge in [-0.3, -0.25) is 9.98 Å². The highest BCUT2D eigenvalue weighted by molar-refractivity contribution is 7.81. The van der Waals surface area contributed by atoms with Gasteiger partial charge in [0.25, 0.3) is 0 Å². The SMILES string of the molecule is S=C1C=Nc2ccc3c(c2=N1)=CC=N3. The van der Waals surface area contributed by atoms with E-state index in [4.69, 9.17) is 12.2 Å². The number of hydrogen-bond acceptors (Lipinski definition) is 3. The van der Waals surface area contributed by atoms with Crippen LogP contribution in [-0.4, -0.2) is 17.4 Å². The topological polar surface area (TPSA) is 37.1 Å². The third-order valence-electron chi connectivity index (χ3n) is 2.16. The quantitative estimate of drug-likeness (QED) is 0.571. The van der Waals surface area contributed by atoms with E-state index in [0.717, 1.165) is 22.0 Å². The van der Waals surface area contributed by atoms with Crippen molar-refractivity contribution in [1.82, 2.24) is 0 Å². The summed E-state index contributed by atoms with van der Waals surface area (Å²) < 4.78 is 0. The minimum Gasteiger partial charge on any atom is -0.256 e. The Bertz CT molecular complexity index is 611. The largest absolute Gasteiger partial charge is 0.256 e.